The molecule has 0 unspecified atom stereocenters. The zero-order chi connectivity index (χ0) is 12.7. The standard InChI is InChI=1S/C10H7ClN4O2S/c11-5-1-2-6-8(14-18-13-6)9(5)15-4-3-7(16)12-10(15)17/h1-2H,3-4H2,(H,12,16,17). The van der Waals surface area contributed by atoms with Crippen LogP contribution in [-0.2, 0) is 4.79 Å². The summed E-state index contributed by atoms with van der Waals surface area (Å²) in [6.07, 6.45) is 0.246. The molecule has 2 aromatic rings. The van der Waals surface area contributed by atoms with Crippen molar-refractivity contribution in [2.75, 3.05) is 11.4 Å². The molecule has 0 aliphatic carbocycles. The third-order valence-corrected chi connectivity index (χ3v) is 3.52. The van der Waals surface area contributed by atoms with E-state index in [1.54, 1.807) is 12.1 Å². The summed E-state index contributed by atoms with van der Waals surface area (Å²) >= 11 is 7.18. The smallest absolute Gasteiger partial charge is 0.290 e. The summed E-state index contributed by atoms with van der Waals surface area (Å²) in [5.41, 5.74) is 1.77. The van der Waals surface area contributed by atoms with Gasteiger partial charge in [0.15, 0.2) is 0 Å². The van der Waals surface area contributed by atoms with Crippen LogP contribution in [0, 0.1) is 0 Å². The van der Waals surface area contributed by atoms with Gasteiger partial charge in [-0.25, -0.2) is 4.79 Å². The predicted octanol–water partition coefficient (Wildman–Crippen LogP) is 1.79. The maximum absolute atomic E-state index is 11.8. The molecule has 1 aromatic heterocycles. The number of amides is 3. The van der Waals surface area contributed by atoms with Gasteiger partial charge >= 0.3 is 6.03 Å². The maximum atomic E-state index is 11.8. The monoisotopic (exact) mass is 282 g/mol. The molecule has 6 nitrogen and oxygen atoms in total. The molecule has 0 bridgehead atoms. The van der Waals surface area contributed by atoms with Crippen LogP contribution in [-0.4, -0.2) is 27.2 Å². The van der Waals surface area contributed by atoms with Gasteiger partial charge in [0.05, 0.1) is 22.4 Å². The van der Waals surface area contributed by atoms with Crippen LogP contribution in [0.5, 0.6) is 0 Å². The number of carbonyl (C=O) groups excluding carboxylic acids is 2. The number of imide groups is 1. The number of aromatic nitrogens is 2. The number of rotatable bonds is 1. The van der Waals surface area contributed by atoms with Crippen LogP contribution < -0.4 is 10.2 Å². The fourth-order valence-corrected chi connectivity index (χ4v) is 2.64. The molecule has 0 atom stereocenters. The summed E-state index contributed by atoms with van der Waals surface area (Å²) in [6.45, 7) is 0.293. The van der Waals surface area contributed by atoms with Crippen LogP contribution in [0.15, 0.2) is 12.1 Å². The van der Waals surface area contributed by atoms with Gasteiger partial charge in [-0.05, 0) is 12.1 Å². The van der Waals surface area contributed by atoms with Crippen molar-refractivity contribution >= 4 is 52.0 Å². The number of nitrogens with zero attached hydrogens (tertiary/aromatic N) is 3. The largest absolute Gasteiger partial charge is 0.328 e. The molecule has 1 aromatic carbocycles. The van der Waals surface area contributed by atoms with Crippen molar-refractivity contribution in [3.8, 4) is 0 Å². The first-order valence-corrected chi connectivity index (χ1v) is 6.30. The van der Waals surface area contributed by atoms with Crippen molar-refractivity contribution in [1.82, 2.24) is 14.1 Å². The molecule has 1 fully saturated rings. The molecule has 3 rings (SSSR count). The number of benzene rings is 1. The second kappa shape index (κ2) is 4.18. The minimum absolute atomic E-state index is 0.246. The van der Waals surface area contributed by atoms with E-state index in [9.17, 15) is 9.59 Å². The van der Waals surface area contributed by atoms with E-state index in [1.165, 1.54) is 4.90 Å². The zero-order valence-corrected chi connectivity index (χ0v) is 10.6. The molecule has 1 saturated heterocycles. The highest BCUT2D eigenvalue weighted by Gasteiger charge is 2.28. The second-order valence-corrected chi connectivity index (χ2v) is 4.72. The van der Waals surface area contributed by atoms with Crippen molar-refractivity contribution in [2.45, 2.75) is 6.42 Å². The van der Waals surface area contributed by atoms with Crippen LogP contribution in [0.25, 0.3) is 11.0 Å². The minimum Gasteiger partial charge on any atom is -0.290 e. The molecule has 18 heavy (non-hydrogen) atoms. The number of hydrogen-bond acceptors (Lipinski definition) is 5. The summed E-state index contributed by atoms with van der Waals surface area (Å²) in [6, 6.07) is 2.94. The molecule has 0 saturated carbocycles. The van der Waals surface area contributed by atoms with Crippen LogP contribution in [0.1, 0.15) is 6.42 Å². The van der Waals surface area contributed by atoms with E-state index in [0.717, 1.165) is 11.7 Å². The topological polar surface area (TPSA) is 75.2 Å². The Labute approximate surface area is 111 Å². The van der Waals surface area contributed by atoms with E-state index >= 15 is 0 Å². The van der Waals surface area contributed by atoms with E-state index in [0.29, 0.717) is 28.3 Å². The molecular formula is C10H7ClN4O2S. The number of urea groups is 1. The van der Waals surface area contributed by atoms with Gasteiger partial charge < -0.3 is 0 Å². The first-order chi connectivity index (χ1) is 8.66. The van der Waals surface area contributed by atoms with Crippen LogP contribution in [0.3, 0.4) is 0 Å². The quantitative estimate of drug-likeness (QED) is 0.865. The first-order valence-electron chi connectivity index (χ1n) is 5.19. The highest BCUT2D eigenvalue weighted by atomic mass is 35.5. The van der Waals surface area contributed by atoms with E-state index in [-0.39, 0.29) is 12.3 Å². The van der Waals surface area contributed by atoms with E-state index < -0.39 is 6.03 Å². The lowest BCUT2D eigenvalue weighted by Crippen LogP contribution is -2.49. The highest BCUT2D eigenvalue weighted by Crippen LogP contribution is 2.34. The summed E-state index contributed by atoms with van der Waals surface area (Å²) in [7, 11) is 0. The van der Waals surface area contributed by atoms with Crippen molar-refractivity contribution in [3.63, 3.8) is 0 Å². The Morgan fingerprint density at radius 2 is 2.17 bits per heavy atom. The SMILES string of the molecule is O=C1CCN(c2c(Cl)ccc3nsnc23)C(=O)N1. The van der Waals surface area contributed by atoms with Crippen LogP contribution >= 0.6 is 23.3 Å². The molecule has 1 N–H and O–H groups in total. The molecule has 0 radical (unpaired) electrons. The van der Waals surface area contributed by atoms with Gasteiger partial charge in [0, 0.05) is 13.0 Å². The third kappa shape index (κ3) is 1.72. The molecule has 1 aliphatic rings. The van der Waals surface area contributed by atoms with Crippen molar-refractivity contribution in [1.29, 1.82) is 0 Å². The van der Waals surface area contributed by atoms with E-state index in [1.807, 2.05) is 0 Å². The zero-order valence-electron chi connectivity index (χ0n) is 9.01. The lowest BCUT2D eigenvalue weighted by Gasteiger charge is -2.27. The molecule has 8 heteroatoms. The maximum Gasteiger partial charge on any atom is 0.328 e. The lowest BCUT2D eigenvalue weighted by molar-refractivity contribution is -0.120. The van der Waals surface area contributed by atoms with Gasteiger partial charge in [0.2, 0.25) is 5.91 Å². The number of fused-ring (bicyclic) bond motifs is 1. The first kappa shape index (κ1) is 11.4. The van der Waals surface area contributed by atoms with Crippen molar-refractivity contribution in [3.05, 3.63) is 17.2 Å². The van der Waals surface area contributed by atoms with Gasteiger partial charge in [-0.3, -0.25) is 15.0 Å². The Morgan fingerprint density at radius 3 is 2.94 bits per heavy atom. The van der Waals surface area contributed by atoms with Gasteiger partial charge in [-0.2, -0.15) is 8.75 Å². The normalized spacial score (nSPS) is 16.2. The van der Waals surface area contributed by atoms with Crippen molar-refractivity contribution in [2.24, 2.45) is 0 Å². The van der Waals surface area contributed by atoms with Gasteiger partial charge in [-0.1, -0.05) is 11.6 Å². The van der Waals surface area contributed by atoms with E-state index in [4.69, 9.17) is 11.6 Å². The summed E-state index contributed by atoms with van der Waals surface area (Å²) in [5.74, 6) is -0.282. The fraction of sp³-hybridized carbons (Fsp3) is 0.200. The van der Waals surface area contributed by atoms with Gasteiger partial charge in [-0.15, -0.1) is 0 Å². The number of carbonyl (C=O) groups is 2. The Kier molecular flexibility index (Phi) is 2.64. The number of halogens is 1. The van der Waals surface area contributed by atoms with Crippen LogP contribution in [0.2, 0.25) is 5.02 Å². The van der Waals surface area contributed by atoms with Crippen LogP contribution in [0.4, 0.5) is 10.5 Å². The Hall–Kier alpha value is -1.73. The van der Waals surface area contributed by atoms with Gasteiger partial charge in [0.25, 0.3) is 0 Å². The third-order valence-electron chi connectivity index (χ3n) is 2.68. The van der Waals surface area contributed by atoms with Crippen molar-refractivity contribution < 1.29 is 9.59 Å². The molecule has 2 heterocycles. The predicted molar refractivity (Wildman–Crippen MR) is 67.9 cm³/mol. The average molecular weight is 283 g/mol. The lowest BCUT2D eigenvalue weighted by atomic mass is 10.2. The summed E-state index contributed by atoms with van der Waals surface area (Å²) < 4.78 is 8.25. The number of nitrogens with one attached hydrogen (secondary N) is 1. The average Bonchev–Trinajstić information content (AvgIpc) is 2.79. The van der Waals surface area contributed by atoms with E-state index in [2.05, 4.69) is 14.1 Å². The number of anilines is 1. The minimum atomic E-state index is -0.478. The summed E-state index contributed by atoms with van der Waals surface area (Å²) in [4.78, 5) is 24.4. The Balaban J connectivity index is 2.13. The molecule has 0 spiro atoms. The Bertz CT molecular complexity index is 656. The molecule has 92 valence electrons. The highest BCUT2D eigenvalue weighted by molar-refractivity contribution is 7.00. The Morgan fingerprint density at radius 1 is 1.33 bits per heavy atom. The summed E-state index contributed by atoms with van der Waals surface area (Å²) in [5, 5.41) is 2.67. The fourth-order valence-electron chi connectivity index (χ4n) is 1.85. The number of hydrogen-bond donors (Lipinski definition) is 1. The molecule has 3 amide bonds. The second-order valence-electron chi connectivity index (χ2n) is 3.78. The molecule has 1 aliphatic heterocycles. The molecular weight excluding hydrogens is 276 g/mol. The van der Waals surface area contributed by atoms with Gasteiger partial charge in [0.1, 0.15) is 11.0 Å².